The summed E-state index contributed by atoms with van der Waals surface area (Å²) in [5.74, 6) is -0.579. The summed E-state index contributed by atoms with van der Waals surface area (Å²) in [5.41, 5.74) is 0.914. The van der Waals surface area contributed by atoms with Crippen molar-refractivity contribution in [2.45, 2.75) is 19.6 Å². The van der Waals surface area contributed by atoms with Crippen molar-refractivity contribution in [1.82, 2.24) is 9.55 Å². The zero-order valence-electron chi connectivity index (χ0n) is 14.3. The van der Waals surface area contributed by atoms with Crippen molar-refractivity contribution >= 4 is 17.0 Å². The van der Waals surface area contributed by atoms with Gasteiger partial charge in [0.2, 0.25) is 0 Å². The van der Waals surface area contributed by atoms with E-state index < -0.39 is 25.2 Å². The molecule has 0 fully saturated rings. The molecular weight excluding hydrogens is 356 g/mol. The minimum Gasteiger partial charge on any atom is -0.481 e. The third-order valence-electron chi connectivity index (χ3n) is 3.84. The fraction of sp³-hybridized carbons (Fsp3) is 0.211. The molecule has 0 saturated carbocycles. The summed E-state index contributed by atoms with van der Waals surface area (Å²) in [6, 6.07) is 14.8. The van der Waals surface area contributed by atoms with Crippen molar-refractivity contribution in [1.29, 1.82) is 5.26 Å². The number of nitrogens with zero attached hydrogens (tertiary/aromatic N) is 3. The molecule has 1 aromatic heterocycles. The summed E-state index contributed by atoms with van der Waals surface area (Å²) in [4.78, 5) is 16.2. The number of esters is 1. The summed E-state index contributed by atoms with van der Waals surface area (Å²) < 4.78 is 38.2. The van der Waals surface area contributed by atoms with Crippen LogP contribution in [0.4, 0.5) is 8.78 Å². The van der Waals surface area contributed by atoms with Gasteiger partial charge in [0.15, 0.2) is 18.5 Å². The highest BCUT2D eigenvalue weighted by atomic mass is 19.3. The summed E-state index contributed by atoms with van der Waals surface area (Å²) in [6.07, 6.45) is -1.01. The number of alkyl halides is 2. The van der Waals surface area contributed by atoms with Gasteiger partial charge in [-0.25, -0.2) is 9.78 Å². The SMILES string of the molecule is CC(OC(=O)COc1ccccc1C#N)c1nc2ccccc2n1C(F)F. The first-order valence-corrected chi connectivity index (χ1v) is 8.07. The molecule has 8 heteroatoms. The van der Waals surface area contributed by atoms with E-state index in [1.165, 1.54) is 13.0 Å². The van der Waals surface area contributed by atoms with Crippen molar-refractivity contribution in [3.63, 3.8) is 0 Å². The van der Waals surface area contributed by atoms with Gasteiger partial charge in [0.05, 0.1) is 16.6 Å². The van der Waals surface area contributed by atoms with Gasteiger partial charge in [0, 0.05) is 0 Å². The molecule has 0 aliphatic rings. The second kappa shape index (κ2) is 7.83. The second-order valence-electron chi connectivity index (χ2n) is 5.64. The van der Waals surface area contributed by atoms with Gasteiger partial charge in [0.1, 0.15) is 11.8 Å². The number of halogens is 2. The number of para-hydroxylation sites is 3. The number of fused-ring (bicyclic) bond motifs is 1. The van der Waals surface area contributed by atoms with E-state index in [-0.39, 0.29) is 22.7 Å². The Kier molecular flexibility index (Phi) is 5.31. The average molecular weight is 371 g/mol. The molecule has 0 radical (unpaired) electrons. The van der Waals surface area contributed by atoms with Gasteiger partial charge in [-0.3, -0.25) is 4.57 Å². The second-order valence-corrected chi connectivity index (χ2v) is 5.64. The summed E-state index contributed by atoms with van der Waals surface area (Å²) in [5, 5.41) is 9.00. The van der Waals surface area contributed by atoms with E-state index in [9.17, 15) is 13.6 Å². The van der Waals surface area contributed by atoms with Gasteiger partial charge in [-0.1, -0.05) is 24.3 Å². The summed E-state index contributed by atoms with van der Waals surface area (Å²) in [6.45, 7) is -1.83. The Bertz CT molecular complexity index is 1010. The lowest BCUT2D eigenvalue weighted by atomic mass is 10.2. The number of carbonyl (C=O) groups is 1. The highest BCUT2D eigenvalue weighted by molar-refractivity contribution is 5.76. The normalized spacial score (nSPS) is 12.0. The van der Waals surface area contributed by atoms with E-state index >= 15 is 0 Å². The van der Waals surface area contributed by atoms with Gasteiger partial charge in [0.25, 0.3) is 0 Å². The highest BCUT2D eigenvalue weighted by Crippen LogP contribution is 2.28. The minimum absolute atomic E-state index is 0.0584. The third kappa shape index (κ3) is 3.87. The average Bonchev–Trinajstić information content (AvgIpc) is 3.06. The van der Waals surface area contributed by atoms with Gasteiger partial charge in [-0.05, 0) is 31.2 Å². The fourth-order valence-electron chi connectivity index (χ4n) is 2.66. The van der Waals surface area contributed by atoms with Crippen LogP contribution in [0.3, 0.4) is 0 Å². The molecule has 0 bridgehead atoms. The molecule has 0 aliphatic carbocycles. The van der Waals surface area contributed by atoms with E-state index in [0.717, 1.165) is 4.57 Å². The molecule has 0 amide bonds. The number of nitriles is 1. The monoisotopic (exact) mass is 371 g/mol. The Morgan fingerprint density at radius 3 is 2.67 bits per heavy atom. The topological polar surface area (TPSA) is 77.1 Å². The molecule has 0 aliphatic heterocycles. The molecule has 1 atom stereocenters. The third-order valence-corrected chi connectivity index (χ3v) is 3.84. The van der Waals surface area contributed by atoms with E-state index in [1.807, 2.05) is 6.07 Å². The van der Waals surface area contributed by atoms with Crippen molar-refractivity contribution in [2.75, 3.05) is 6.61 Å². The Morgan fingerprint density at radius 1 is 1.22 bits per heavy atom. The number of hydrogen-bond donors (Lipinski definition) is 0. The molecule has 27 heavy (non-hydrogen) atoms. The maximum absolute atomic E-state index is 13.5. The number of imidazole rings is 1. The smallest absolute Gasteiger partial charge is 0.344 e. The van der Waals surface area contributed by atoms with Crippen LogP contribution < -0.4 is 4.74 Å². The standard InChI is InChI=1S/C19H15F2N3O3/c1-12(18-23-14-7-3-4-8-15(14)24(18)19(20)21)27-17(25)11-26-16-9-5-2-6-13(16)10-22/h2-9,12,19H,11H2,1H3. The molecule has 3 rings (SSSR count). The first-order chi connectivity index (χ1) is 13.0. The van der Waals surface area contributed by atoms with Crippen LogP contribution in [0.15, 0.2) is 48.5 Å². The van der Waals surface area contributed by atoms with Crippen LogP contribution >= 0.6 is 0 Å². The number of aromatic nitrogens is 2. The first kappa shape index (κ1) is 18.3. The summed E-state index contributed by atoms with van der Waals surface area (Å²) in [7, 11) is 0. The molecular formula is C19H15F2N3O3. The Balaban J connectivity index is 1.73. The van der Waals surface area contributed by atoms with Crippen LogP contribution in [0.2, 0.25) is 0 Å². The van der Waals surface area contributed by atoms with Crippen LogP contribution in [0.25, 0.3) is 11.0 Å². The Labute approximate surface area is 153 Å². The number of ether oxygens (including phenoxy) is 2. The highest BCUT2D eigenvalue weighted by Gasteiger charge is 2.24. The summed E-state index contributed by atoms with van der Waals surface area (Å²) >= 11 is 0. The van der Waals surface area contributed by atoms with E-state index in [1.54, 1.807) is 42.5 Å². The number of carbonyl (C=O) groups excluding carboxylic acids is 1. The maximum Gasteiger partial charge on any atom is 0.344 e. The Hall–Kier alpha value is -3.47. The van der Waals surface area contributed by atoms with Crippen LogP contribution in [-0.2, 0) is 9.53 Å². The minimum atomic E-state index is -2.83. The van der Waals surface area contributed by atoms with E-state index in [4.69, 9.17) is 14.7 Å². The lowest BCUT2D eigenvalue weighted by Gasteiger charge is -2.15. The largest absolute Gasteiger partial charge is 0.481 e. The predicted octanol–water partition coefficient (Wildman–Crippen LogP) is 3.99. The molecule has 2 aromatic carbocycles. The lowest BCUT2D eigenvalue weighted by molar-refractivity contribution is -0.151. The van der Waals surface area contributed by atoms with Crippen LogP contribution in [0.1, 0.15) is 31.0 Å². The van der Waals surface area contributed by atoms with Gasteiger partial charge in [-0.15, -0.1) is 0 Å². The molecule has 138 valence electrons. The number of rotatable bonds is 6. The molecule has 1 unspecified atom stereocenters. The molecule has 1 heterocycles. The molecule has 0 spiro atoms. The number of benzene rings is 2. The van der Waals surface area contributed by atoms with Crippen molar-refractivity contribution in [3.8, 4) is 11.8 Å². The first-order valence-electron chi connectivity index (χ1n) is 8.07. The predicted molar refractivity (Wildman–Crippen MR) is 92.1 cm³/mol. The Morgan fingerprint density at radius 2 is 1.93 bits per heavy atom. The molecule has 0 N–H and O–H groups in total. The quantitative estimate of drug-likeness (QED) is 0.613. The van der Waals surface area contributed by atoms with E-state index in [2.05, 4.69) is 4.98 Å². The van der Waals surface area contributed by atoms with Gasteiger partial charge in [-0.2, -0.15) is 14.0 Å². The van der Waals surface area contributed by atoms with Crippen molar-refractivity contribution < 1.29 is 23.0 Å². The molecule has 6 nitrogen and oxygen atoms in total. The zero-order chi connectivity index (χ0) is 19.4. The lowest BCUT2D eigenvalue weighted by Crippen LogP contribution is -2.19. The van der Waals surface area contributed by atoms with Crippen LogP contribution in [-0.4, -0.2) is 22.1 Å². The van der Waals surface area contributed by atoms with Gasteiger partial charge < -0.3 is 9.47 Å². The van der Waals surface area contributed by atoms with Crippen LogP contribution in [0, 0.1) is 11.3 Å². The molecule has 3 aromatic rings. The van der Waals surface area contributed by atoms with Crippen molar-refractivity contribution in [2.24, 2.45) is 0 Å². The fourth-order valence-corrected chi connectivity index (χ4v) is 2.66. The molecule has 0 saturated heterocycles. The zero-order valence-corrected chi connectivity index (χ0v) is 14.3. The number of hydrogen-bond acceptors (Lipinski definition) is 5. The maximum atomic E-state index is 13.5. The van der Waals surface area contributed by atoms with Crippen molar-refractivity contribution in [3.05, 3.63) is 59.9 Å². The van der Waals surface area contributed by atoms with Crippen LogP contribution in [0.5, 0.6) is 5.75 Å². The van der Waals surface area contributed by atoms with E-state index in [0.29, 0.717) is 5.52 Å². The van der Waals surface area contributed by atoms with Gasteiger partial charge >= 0.3 is 12.5 Å².